The number of halogens is 1. The third kappa shape index (κ3) is 1.61. The van der Waals surface area contributed by atoms with Crippen molar-refractivity contribution in [2.24, 2.45) is 11.8 Å². The van der Waals surface area contributed by atoms with E-state index >= 15 is 0 Å². The fourth-order valence-corrected chi connectivity index (χ4v) is 2.55. The molecule has 0 saturated heterocycles. The summed E-state index contributed by atoms with van der Waals surface area (Å²) in [6, 6.07) is 6.13. The number of nitrogen functional groups attached to an aromatic ring is 1. The first kappa shape index (κ1) is 10.1. The summed E-state index contributed by atoms with van der Waals surface area (Å²) in [5, 5.41) is 0. The Labute approximate surface area is 103 Å². The highest BCUT2D eigenvalue weighted by molar-refractivity contribution is 9.10. The molecule has 2 N–H and O–H groups in total. The number of imidazole rings is 1. The molecule has 16 heavy (non-hydrogen) atoms. The minimum absolute atomic E-state index is 0.632. The van der Waals surface area contributed by atoms with Gasteiger partial charge in [0.1, 0.15) is 0 Å². The van der Waals surface area contributed by atoms with Gasteiger partial charge in [-0.05, 0) is 36.5 Å². The average molecular weight is 280 g/mol. The Balaban J connectivity index is 2.05. The van der Waals surface area contributed by atoms with Gasteiger partial charge in [-0.1, -0.05) is 22.9 Å². The van der Waals surface area contributed by atoms with Crippen LogP contribution in [0.4, 0.5) is 5.95 Å². The Morgan fingerprint density at radius 3 is 3.00 bits per heavy atom. The van der Waals surface area contributed by atoms with Crippen LogP contribution in [0.5, 0.6) is 0 Å². The van der Waals surface area contributed by atoms with Crippen LogP contribution >= 0.6 is 15.9 Å². The summed E-state index contributed by atoms with van der Waals surface area (Å²) in [6.07, 6.45) is 1.32. The molecule has 3 nitrogen and oxygen atoms in total. The van der Waals surface area contributed by atoms with Gasteiger partial charge in [0, 0.05) is 11.0 Å². The highest BCUT2D eigenvalue weighted by Crippen LogP contribution is 2.40. The number of anilines is 1. The number of nitrogens with zero attached hydrogens (tertiary/aromatic N) is 2. The number of fused-ring (bicyclic) bond motifs is 1. The van der Waals surface area contributed by atoms with Gasteiger partial charge in [-0.2, -0.15) is 0 Å². The summed E-state index contributed by atoms with van der Waals surface area (Å²) in [5.41, 5.74) is 8.07. The van der Waals surface area contributed by atoms with Crippen molar-refractivity contribution in [2.75, 3.05) is 5.73 Å². The van der Waals surface area contributed by atoms with Gasteiger partial charge in [0.2, 0.25) is 5.95 Å². The number of benzene rings is 1. The van der Waals surface area contributed by atoms with Crippen LogP contribution in [-0.2, 0) is 6.54 Å². The van der Waals surface area contributed by atoms with Gasteiger partial charge >= 0.3 is 0 Å². The number of hydrogen-bond donors (Lipinski definition) is 1. The summed E-state index contributed by atoms with van der Waals surface area (Å²) < 4.78 is 3.18. The zero-order valence-corrected chi connectivity index (χ0v) is 10.7. The van der Waals surface area contributed by atoms with Crippen molar-refractivity contribution < 1.29 is 0 Å². The van der Waals surface area contributed by atoms with E-state index in [2.05, 4.69) is 38.5 Å². The lowest BCUT2D eigenvalue weighted by Crippen LogP contribution is -2.05. The molecular formula is C12H14BrN3. The van der Waals surface area contributed by atoms with E-state index in [1.165, 1.54) is 6.42 Å². The predicted octanol–water partition coefficient (Wildman–Crippen LogP) is 3.04. The number of aromatic nitrogens is 2. The first-order chi connectivity index (χ1) is 7.65. The lowest BCUT2D eigenvalue weighted by Gasteiger charge is -2.05. The second kappa shape index (κ2) is 3.48. The molecule has 1 aromatic heterocycles. The SMILES string of the molecule is CC1CC1Cn1c(N)nc2cc(Br)ccc21. The second-order valence-corrected chi connectivity index (χ2v) is 5.60. The highest BCUT2D eigenvalue weighted by Gasteiger charge is 2.33. The van der Waals surface area contributed by atoms with E-state index < -0.39 is 0 Å². The van der Waals surface area contributed by atoms with Crippen molar-refractivity contribution >= 4 is 32.9 Å². The maximum atomic E-state index is 5.96. The second-order valence-electron chi connectivity index (χ2n) is 4.69. The molecule has 1 aliphatic rings. The summed E-state index contributed by atoms with van der Waals surface area (Å²) in [4.78, 5) is 4.39. The van der Waals surface area contributed by atoms with E-state index in [-0.39, 0.29) is 0 Å². The lowest BCUT2D eigenvalue weighted by atomic mass is 10.3. The Morgan fingerprint density at radius 1 is 1.56 bits per heavy atom. The molecule has 2 atom stereocenters. The Hall–Kier alpha value is -1.03. The molecule has 0 spiro atoms. The molecule has 0 amide bonds. The Bertz CT molecular complexity index is 546. The monoisotopic (exact) mass is 279 g/mol. The van der Waals surface area contributed by atoms with Crippen LogP contribution in [0.1, 0.15) is 13.3 Å². The van der Waals surface area contributed by atoms with E-state index in [0.717, 1.165) is 33.9 Å². The molecule has 2 unspecified atom stereocenters. The van der Waals surface area contributed by atoms with Gasteiger partial charge in [-0.3, -0.25) is 0 Å². The molecular weight excluding hydrogens is 266 g/mol. The summed E-state index contributed by atoms with van der Waals surface area (Å²) in [5.74, 6) is 2.25. The molecule has 4 heteroatoms. The smallest absolute Gasteiger partial charge is 0.201 e. The fourth-order valence-electron chi connectivity index (χ4n) is 2.20. The zero-order chi connectivity index (χ0) is 11.3. The van der Waals surface area contributed by atoms with Gasteiger partial charge in [-0.15, -0.1) is 0 Å². The molecule has 1 heterocycles. The molecule has 1 aliphatic carbocycles. The van der Waals surface area contributed by atoms with Gasteiger partial charge in [0.05, 0.1) is 11.0 Å². The topological polar surface area (TPSA) is 43.8 Å². The summed E-state index contributed by atoms with van der Waals surface area (Å²) in [7, 11) is 0. The van der Waals surface area contributed by atoms with Crippen LogP contribution in [0.15, 0.2) is 22.7 Å². The first-order valence-electron chi connectivity index (χ1n) is 5.56. The van der Waals surface area contributed by atoms with E-state index in [9.17, 15) is 0 Å². The average Bonchev–Trinajstić information content (AvgIpc) is 2.82. The summed E-state index contributed by atoms with van der Waals surface area (Å²) >= 11 is 3.45. The maximum Gasteiger partial charge on any atom is 0.201 e. The lowest BCUT2D eigenvalue weighted by molar-refractivity contribution is 0.613. The third-order valence-corrected chi connectivity index (χ3v) is 3.93. The Morgan fingerprint density at radius 2 is 2.31 bits per heavy atom. The van der Waals surface area contributed by atoms with Crippen LogP contribution in [0.3, 0.4) is 0 Å². The van der Waals surface area contributed by atoms with Crippen LogP contribution in [0.2, 0.25) is 0 Å². The number of rotatable bonds is 2. The molecule has 3 rings (SSSR count). The zero-order valence-electron chi connectivity index (χ0n) is 9.15. The van der Waals surface area contributed by atoms with Crippen molar-refractivity contribution in [1.82, 2.24) is 9.55 Å². The van der Waals surface area contributed by atoms with Crippen molar-refractivity contribution in [1.29, 1.82) is 0 Å². The van der Waals surface area contributed by atoms with Gasteiger partial charge in [0.15, 0.2) is 0 Å². The quantitative estimate of drug-likeness (QED) is 0.918. The minimum Gasteiger partial charge on any atom is -0.369 e. The fraction of sp³-hybridized carbons (Fsp3) is 0.417. The van der Waals surface area contributed by atoms with Crippen molar-refractivity contribution in [3.63, 3.8) is 0 Å². The standard InChI is InChI=1S/C12H14BrN3/c1-7-4-8(7)6-16-11-3-2-9(13)5-10(11)15-12(16)14/h2-3,5,7-8H,4,6H2,1H3,(H2,14,15). The van der Waals surface area contributed by atoms with Crippen molar-refractivity contribution in [2.45, 2.75) is 19.9 Å². The predicted molar refractivity (Wildman–Crippen MR) is 69.1 cm³/mol. The Kier molecular flexibility index (Phi) is 2.21. The van der Waals surface area contributed by atoms with Crippen molar-refractivity contribution in [3.05, 3.63) is 22.7 Å². The van der Waals surface area contributed by atoms with Crippen LogP contribution in [0, 0.1) is 11.8 Å². The molecule has 1 saturated carbocycles. The van der Waals surface area contributed by atoms with Gasteiger partial charge < -0.3 is 10.3 Å². The first-order valence-corrected chi connectivity index (χ1v) is 6.35. The van der Waals surface area contributed by atoms with Crippen molar-refractivity contribution in [3.8, 4) is 0 Å². The van der Waals surface area contributed by atoms with E-state index in [4.69, 9.17) is 5.73 Å². The van der Waals surface area contributed by atoms with Crippen LogP contribution in [0.25, 0.3) is 11.0 Å². The normalized spacial score (nSPS) is 23.9. The summed E-state index contributed by atoms with van der Waals surface area (Å²) in [6.45, 7) is 3.29. The molecule has 0 bridgehead atoms. The minimum atomic E-state index is 0.632. The highest BCUT2D eigenvalue weighted by atomic mass is 79.9. The van der Waals surface area contributed by atoms with Gasteiger partial charge in [0.25, 0.3) is 0 Å². The van der Waals surface area contributed by atoms with E-state index in [0.29, 0.717) is 5.95 Å². The van der Waals surface area contributed by atoms with E-state index in [1.54, 1.807) is 0 Å². The molecule has 0 aliphatic heterocycles. The molecule has 2 aromatic rings. The largest absolute Gasteiger partial charge is 0.369 e. The molecule has 1 aromatic carbocycles. The number of hydrogen-bond acceptors (Lipinski definition) is 2. The molecule has 1 fully saturated rings. The van der Waals surface area contributed by atoms with Crippen LogP contribution < -0.4 is 5.73 Å². The van der Waals surface area contributed by atoms with Gasteiger partial charge in [-0.25, -0.2) is 4.98 Å². The molecule has 84 valence electrons. The van der Waals surface area contributed by atoms with Crippen LogP contribution in [-0.4, -0.2) is 9.55 Å². The van der Waals surface area contributed by atoms with E-state index in [1.807, 2.05) is 12.1 Å². The maximum absolute atomic E-state index is 5.96. The number of nitrogens with two attached hydrogens (primary N) is 1. The third-order valence-electron chi connectivity index (χ3n) is 3.43. The molecule has 0 radical (unpaired) electrons.